The molecule has 20 heavy (non-hydrogen) atoms. The van der Waals surface area contributed by atoms with Gasteiger partial charge in [0.25, 0.3) is 0 Å². The zero-order chi connectivity index (χ0) is 14.5. The van der Waals surface area contributed by atoms with Gasteiger partial charge < -0.3 is 14.2 Å². The number of thiazole rings is 1. The van der Waals surface area contributed by atoms with Crippen LogP contribution in [0.1, 0.15) is 16.5 Å². The van der Waals surface area contributed by atoms with Gasteiger partial charge in [-0.1, -0.05) is 6.07 Å². The Morgan fingerprint density at radius 3 is 2.50 bits per heavy atom. The Bertz CT molecular complexity index is 583. The topological polar surface area (TPSA) is 57.7 Å². The predicted molar refractivity (Wildman–Crippen MR) is 75.5 cm³/mol. The van der Waals surface area contributed by atoms with Gasteiger partial charge in [-0.3, -0.25) is 4.79 Å². The highest BCUT2D eigenvalue weighted by Gasteiger charge is 2.27. The Kier molecular flexibility index (Phi) is 4.57. The van der Waals surface area contributed by atoms with E-state index >= 15 is 0 Å². The standard InChI is InChI=1S/C14H15NO4S/c1-17-10-5-4-9(8-11(10)18-2)12(14(16)19-3)13-15-6-7-20-13/h4-8,12H,1-3H3. The number of esters is 1. The molecule has 1 heterocycles. The Morgan fingerprint density at radius 1 is 1.20 bits per heavy atom. The smallest absolute Gasteiger partial charge is 0.320 e. The number of aromatic nitrogens is 1. The first kappa shape index (κ1) is 14.3. The largest absolute Gasteiger partial charge is 0.493 e. The minimum Gasteiger partial charge on any atom is -0.493 e. The second-order valence-electron chi connectivity index (χ2n) is 3.94. The molecule has 0 radical (unpaired) electrons. The van der Waals surface area contributed by atoms with Crippen LogP contribution < -0.4 is 9.47 Å². The zero-order valence-corrected chi connectivity index (χ0v) is 12.3. The third kappa shape index (κ3) is 2.75. The van der Waals surface area contributed by atoms with Gasteiger partial charge in [-0.25, -0.2) is 4.98 Å². The molecule has 1 aromatic carbocycles. The molecule has 0 saturated heterocycles. The average Bonchev–Trinajstić information content (AvgIpc) is 3.00. The van der Waals surface area contributed by atoms with Crippen LogP contribution in [0.25, 0.3) is 0 Å². The van der Waals surface area contributed by atoms with Crippen molar-refractivity contribution in [3.05, 3.63) is 40.3 Å². The fraction of sp³-hybridized carbons (Fsp3) is 0.286. The van der Waals surface area contributed by atoms with Gasteiger partial charge in [-0.15, -0.1) is 11.3 Å². The Balaban J connectivity index is 2.47. The predicted octanol–water partition coefficient (Wildman–Crippen LogP) is 2.47. The number of benzene rings is 1. The van der Waals surface area contributed by atoms with Crippen molar-refractivity contribution < 1.29 is 19.0 Å². The van der Waals surface area contributed by atoms with Crippen molar-refractivity contribution in [3.63, 3.8) is 0 Å². The number of carbonyl (C=O) groups is 1. The van der Waals surface area contributed by atoms with Crippen molar-refractivity contribution in [1.29, 1.82) is 0 Å². The van der Waals surface area contributed by atoms with Gasteiger partial charge >= 0.3 is 5.97 Å². The highest BCUT2D eigenvalue weighted by atomic mass is 32.1. The van der Waals surface area contributed by atoms with Crippen molar-refractivity contribution in [1.82, 2.24) is 4.98 Å². The number of methoxy groups -OCH3 is 3. The van der Waals surface area contributed by atoms with Gasteiger partial charge in [-0.2, -0.15) is 0 Å². The van der Waals surface area contributed by atoms with Crippen LogP contribution in [-0.2, 0) is 9.53 Å². The summed E-state index contributed by atoms with van der Waals surface area (Å²) in [6.07, 6.45) is 1.66. The lowest BCUT2D eigenvalue weighted by Gasteiger charge is -2.15. The number of ether oxygens (including phenoxy) is 3. The maximum atomic E-state index is 12.0. The second-order valence-corrected chi connectivity index (χ2v) is 4.87. The van der Waals surface area contributed by atoms with E-state index in [2.05, 4.69) is 4.98 Å². The van der Waals surface area contributed by atoms with E-state index in [0.717, 1.165) is 5.56 Å². The van der Waals surface area contributed by atoms with Gasteiger partial charge in [0.05, 0.1) is 21.3 Å². The van der Waals surface area contributed by atoms with Crippen molar-refractivity contribution in [3.8, 4) is 11.5 Å². The summed E-state index contributed by atoms with van der Waals surface area (Å²) in [7, 11) is 4.48. The number of hydrogen-bond donors (Lipinski definition) is 0. The Labute approximate surface area is 121 Å². The van der Waals surface area contributed by atoms with E-state index in [9.17, 15) is 4.79 Å². The lowest BCUT2D eigenvalue weighted by atomic mass is 9.99. The summed E-state index contributed by atoms with van der Waals surface area (Å²) in [6.45, 7) is 0. The molecule has 6 heteroatoms. The van der Waals surface area contributed by atoms with Crippen molar-refractivity contribution in [2.24, 2.45) is 0 Å². The van der Waals surface area contributed by atoms with E-state index in [1.807, 2.05) is 11.4 Å². The minimum absolute atomic E-state index is 0.354. The van der Waals surface area contributed by atoms with Gasteiger partial charge in [-0.05, 0) is 17.7 Å². The normalized spacial score (nSPS) is 11.8. The monoisotopic (exact) mass is 293 g/mol. The van der Waals surface area contributed by atoms with E-state index in [0.29, 0.717) is 16.5 Å². The summed E-state index contributed by atoms with van der Waals surface area (Å²) >= 11 is 1.41. The third-order valence-electron chi connectivity index (χ3n) is 2.88. The average molecular weight is 293 g/mol. The van der Waals surface area contributed by atoms with Gasteiger partial charge in [0.1, 0.15) is 10.9 Å². The second kappa shape index (κ2) is 6.38. The fourth-order valence-electron chi connectivity index (χ4n) is 1.91. The summed E-state index contributed by atoms with van der Waals surface area (Å²) in [5, 5.41) is 2.51. The molecule has 1 atom stereocenters. The van der Waals surface area contributed by atoms with Gasteiger partial charge in [0, 0.05) is 11.6 Å². The number of carbonyl (C=O) groups excluding carboxylic acids is 1. The summed E-state index contributed by atoms with van der Waals surface area (Å²) in [5.41, 5.74) is 0.754. The van der Waals surface area contributed by atoms with Crippen LogP contribution in [0.4, 0.5) is 0 Å². The molecule has 2 rings (SSSR count). The molecule has 0 aliphatic heterocycles. The number of rotatable bonds is 5. The first-order valence-electron chi connectivity index (χ1n) is 5.90. The highest BCUT2D eigenvalue weighted by molar-refractivity contribution is 7.09. The molecule has 2 aromatic rings. The van der Waals surface area contributed by atoms with Crippen LogP contribution >= 0.6 is 11.3 Å². The lowest BCUT2D eigenvalue weighted by Crippen LogP contribution is -2.15. The molecule has 0 aliphatic rings. The molecule has 0 aliphatic carbocycles. The quantitative estimate of drug-likeness (QED) is 0.793. The molecule has 0 saturated carbocycles. The van der Waals surface area contributed by atoms with Crippen LogP contribution in [-0.4, -0.2) is 32.3 Å². The number of nitrogens with zero attached hydrogens (tertiary/aromatic N) is 1. The van der Waals surface area contributed by atoms with Crippen molar-refractivity contribution in [2.75, 3.05) is 21.3 Å². The third-order valence-corrected chi connectivity index (χ3v) is 3.72. The maximum Gasteiger partial charge on any atom is 0.320 e. The molecule has 1 unspecified atom stereocenters. The van der Waals surface area contributed by atoms with Crippen LogP contribution in [0.15, 0.2) is 29.8 Å². The van der Waals surface area contributed by atoms with E-state index in [1.165, 1.54) is 18.4 Å². The minimum atomic E-state index is -0.556. The first-order chi connectivity index (χ1) is 9.71. The van der Waals surface area contributed by atoms with Crippen LogP contribution in [0.3, 0.4) is 0 Å². The van der Waals surface area contributed by atoms with E-state index in [4.69, 9.17) is 14.2 Å². The van der Waals surface area contributed by atoms with Crippen LogP contribution in [0.5, 0.6) is 11.5 Å². The Hall–Kier alpha value is -2.08. The molecule has 1 aromatic heterocycles. The zero-order valence-electron chi connectivity index (χ0n) is 11.5. The molecule has 0 fully saturated rings. The summed E-state index contributed by atoms with van der Waals surface area (Å²) in [5.74, 6) is 0.265. The molecular weight excluding hydrogens is 278 g/mol. The van der Waals surface area contributed by atoms with Crippen molar-refractivity contribution >= 4 is 17.3 Å². The molecule has 0 N–H and O–H groups in total. The summed E-state index contributed by atoms with van der Waals surface area (Å²) < 4.78 is 15.3. The Morgan fingerprint density at radius 2 is 1.95 bits per heavy atom. The maximum absolute atomic E-state index is 12.0. The lowest BCUT2D eigenvalue weighted by molar-refractivity contribution is -0.141. The SMILES string of the molecule is COC(=O)C(c1ccc(OC)c(OC)c1)c1nccs1. The molecule has 5 nitrogen and oxygen atoms in total. The molecule has 0 amide bonds. The van der Waals surface area contributed by atoms with E-state index in [1.54, 1.807) is 32.5 Å². The van der Waals surface area contributed by atoms with E-state index in [-0.39, 0.29) is 5.97 Å². The van der Waals surface area contributed by atoms with Crippen molar-refractivity contribution in [2.45, 2.75) is 5.92 Å². The molecule has 0 bridgehead atoms. The van der Waals surface area contributed by atoms with E-state index < -0.39 is 5.92 Å². The first-order valence-corrected chi connectivity index (χ1v) is 6.78. The van der Waals surface area contributed by atoms with Crippen LogP contribution in [0.2, 0.25) is 0 Å². The number of hydrogen-bond acceptors (Lipinski definition) is 6. The summed E-state index contributed by atoms with van der Waals surface area (Å²) in [4.78, 5) is 16.2. The summed E-state index contributed by atoms with van der Waals surface area (Å²) in [6, 6.07) is 5.34. The molecular formula is C14H15NO4S. The highest BCUT2D eigenvalue weighted by Crippen LogP contribution is 2.34. The van der Waals surface area contributed by atoms with Crippen LogP contribution in [0, 0.1) is 0 Å². The fourth-order valence-corrected chi connectivity index (χ4v) is 2.66. The van der Waals surface area contributed by atoms with Gasteiger partial charge in [0.2, 0.25) is 0 Å². The molecule has 0 spiro atoms. The molecule has 106 valence electrons. The van der Waals surface area contributed by atoms with Gasteiger partial charge in [0.15, 0.2) is 11.5 Å².